The number of benzene rings is 1. The molecule has 0 aliphatic heterocycles. The van der Waals surface area contributed by atoms with Gasteiger partial charge in [0.2, 0.25) is 0 Å². The van der Waals surface area contributed by atoms with Gasteiger partial charge >= 0.3 is 0 Å². The number of rotatable bonds is 5. The third kappa shape index (κ3) is 3.58. The quantitative estimate of drug-likeness (QED) is 0.613. The van der Waals surface area contributed by atoms with Gasteiger partial charge in [0, 0.05) is 12.5 Å². The van der Waals surface area contributed by atoms with E-state index in [2.05, 4.69) is 36.2 Å². The molecule has 1 aromatic rings. The molecule has 2 rings (SSSR count). The molecule has 2 nitrogen and oxygen atoms in total. The summed E-state index contributed by atoms with van der Waals surface area (Å²) >= 11 is 0. The summed E-state index contributed by atoms with van der Waals surface area (Å²) in [5.74, 6) is 1.97. The van der Waals surface area contributed by atoms with Gasteiger partial charge in [-0.05, 0) is 30.7 Å². The molecule has 92 valence electrons. The molecule has 0 saturated heterocycles. The zero-order valence-electron chi connectivity index (χ0n) is 10.6. The third-order valence-electron chi connectivity index (χ3n) is 3.65. The van der Waals surface area contributed by atoms with Gasteiger partial charge in [-0.3, -0.25) is 4.99 Å². The molecule has 2 N–H and O–H groups in total. The van der Waals surface area contributed by atoms with E-state index in [1.54, 1.807) is 0 Å². The SMILES string of the molecule is CC(Cc1ccccc1)C(N)=NCC1CCC1. The number of nitrogens with zero attached hydrogens (tertiary/aromatic N) is 1. The molecular formula is C15H22N2. The molecule has 0 aromatic heterocycles. The van der Waals surface area contributed by atoms with Crippen molar-refractivity contribution in [2.75, 3.05) is 6.54 Å². The number of nitrogens with two attached hydrogens (primary N) is 1. The Morgan fingerprint density at radius 3 is 2.65 bits per heavy atom. The number of aliphatic imine (C=N–C) groups is 1. The predicted octanol–water partition coefficient (Wildman–Crippen LogP) is 3.02. The number of hydrogen-bond acceptors (Lipinski definition) is 1. The lowest BCUT2D eigenvalue weighted by atomic mass is 9.85. The average Bonchev–Trinajstić information content (AvgIpc) is 2.28. The van der Waals surface area contributed by atoms with Crippen LogP contribution in [0.4, 0.5) is 0 Å². The average molecular weight is 230 g/mol. The van der Waals surface area contributed by atoms with Crippen molar-refractivity contribution in [2.45, 2.75) is 32.6 Å². The maximum Gasteiger partial charge on any atom is 0.0969 e. The van der Waals surface area contributed by atoms with E-state index in [1.807, 2.05) is 6.07 Å². The van der Waals surface area contributed by atoms with Gasteiger partial charge in [0.05, 0.1) is 5.84 Å². The Labute approximate surface area is 104 Å². The lowest BCUT2D eigenvalue weighted by Crippen LogP contribution is -2.25. The smallest absolute Gasteiger partial charge is 0.0969 e. The minimum Gasteiger partial charge on any atom is -0.387 e. The molecule has 2 heteroatoms. The van der Waals surface area contributed by atoms with Crippen LogP contribution in [0.3, 0.4) is 0 Å². The van der Waals surface area contributed by atoms with Gasteiger partial charge in [-0.15, -0.1) is 0 Å². The van der Waals surface area contributed by atoms with Crippen molar-refractivity contribution in [1.82, 2.24) is 0 Å². The van der Waals surface area contributed by atoms with E-state index in [1.165, 1.54) is 24.8 Å². The molecule has 1 atom stereocenters. The van der Waals surface area contributed by atoms with Crippen molar-refractivity contribution in [3.05, 3.63) is 35.9 Å². The first-order valence-electron chi connectivity index (χ1n) is 6.59. The van der Waals surface area contributed by atoms with E-state index in [-0.39, 0.29) is 0 Å². The van der Waals surface area contributed by atoms with Crippen LogP contribution in [-0.2, 0) is 6.42 Å². The largest absolute Gasteiger partial charge is 0.387 e. The van der Waals surface area contributed by atoms with Crippen LogP contribution in [0.15, 0.2) is 35.3 Å². The van der Waals surface area contributed by atoms with Crippen LogP contribution in [0.2, 0.25) is 0 Å². The molecule has 0 radical (unpaired) electrons. The molecule has 0 heterocycles. The van der Waals surface area contributed by atoms with Gasteiger partial charge in [0.25, 0.3) is 0 Å². The lowest BCUT2D eigenvalue weighted by molar-refractivity contribution is 0.326. The summed E-state index contributed by atoms with van der Waals surface area (Å²) in [6.07, 6.45) is 5.04. The van der Waals surface area contributed by atoms with Crippen LogP contribution in [0.5, 0.6) is 0 Å². The first-order valence-corrected chi connectivity index (χ1v) is 6.59. The Morgan fingerprint density at radius 1 is 1.35 bits per heavy atom. The Hall–Kier alpha value is -1.31. The van der Waals surface area contributed by atoms with Crippen molar-refractivity contribution >= 4 is 5.84 Å². The molecule has 1 aromatic carbocycles. The van der Waals surface area contributed by atoms with Crippen molar-refractivity contribution in [2.24, 2.45) is 22.6 Å². The highest BCUT2D eigenvalue weighted by molar-refractivity contribution is 5.82. The highest BCUT2D eigenvalue weighted by Gasteiger charge is 2.17. The van der Waals surface area contributed by atoms with Crippen molar-refractivity contribution in [3.63, 3.8) is 0 Å². The summed E-state index contributed by atoms with van der Waals surface area (Å²) in [7, 11) is 0. The van der Waals surface area contributed by atoms with E-state index in [0.717, 1.165) is 24.7 Å². The second-order valence-corrected chi connectivity index (χ2v) is 5.15. The van der Waals surface area contributed by atoms with Gasteiger partial charge in [-0.1, -0.05) is 43.7 Å². The summed E-state index contributed by atoms with van der Waals surface area (Å²) in [6.45, 7) is 3.09. The van der Waals surface area contributed by atoms with Crippen molar-refractivity contribution < 1.29 is 0 Å². The molecule has 1 saturated carbocycles. The van der Waals surface area contributed by atoms with Gasteiger partial charge in [0.15, 0.2) is 0 Å². The number of amidine groups is 1. The van der Waals surface area contributed by atoms with E-state index in [9.17, 15) is 0 Å². The first-order chi connectivity index (χ1) is 8.25. The minimum absolute atomic E-state index is 0.345. The van der Waals surface area contributed by atoms with Crippen LogP contribution >= 0.6 is 0 Å². The Morgan fingerprint density at radius 2 is 2.06 bits per heavy atom. The van der Waals surface area contributed by atoms with E-state index in [4.69, 9.17) is 5.73 Å². The standard InChI is InChI=1S/C15H22N2/c1-12(10-13-6-3-2-4-7-13)15(16)17-11-14-8-5-9-14/h2-4,6-7,12,14H,5,8-11H2,1H3,(H2,16,17). The van der Waals surface area contributed by atoms with Gasteiger partial charge < -0.3 is 5.73 Å². The van der Waals surface area contributed by atoms with Crippen molar-refractivity contribution in [3.8, 4) is 0 Å². The highest BCUT2D eigenvalue weighted by Crippen LogP contribution is 2.26. The van der Waals surface area contributed by atoms with Crippen molar-refractivity contribution in [1.29, 1.82) is 0 Å². The fraction of sp³-hybridized carbons (Fsp3) is 0.533. The second-order valence-electron chi connectivity index (χ2n) is 5.15. The summed E-state index contributed by atoms with van der Waals surface area (Å²) in [6, 6.07) is 10.5. The maximum atomic E-state index is 6.04. The molecule has 17 heavy (non-hydrogen) atoms. The number of hydrogen-bond donors (Lipinski definition) is 1. The molecule has 1 unspecified atom stereocenters. The third-order valence-corrected chi connectivity index (χ3v) is 3.65. The van der Waals surface area contributed by atoms with E-state index in [0.29, 0.717) is 5.92 Å². The fourth-order valence-electron chi connectivity index (χ4n) is 2.14. The highest BCUT2D eigenvalue weighted by atomic mass is 14.9. The monoisotopic (exact) mass is 230 g/mol. The molecule has 1 fully saturated rings. The van der Waals surface area contributed by atoms with Gasteiger partial charge in [0.1, 0.15) is 0 Å². The lowest BCUT2D eigenvalue weighted by Gasteiger charge is -2.23. The summed E-state index contributed by atoms with van der Waals surface area (Å²) < 4.78 is 0. The van der Waals surface area contributed by atoms with Crippen LogP contribution < -0.4 is 5.73 Å². The van der Waals surface area contributed by atoms with Crippen LogP contribution in [0.25, 0.3) is 0 Å². The Balaban J connectivity index is 1.83. The summed E-state index contributed by atoms with van der Waals surface area (Å²) in [5.41, 5.74) is 7.38. The molecule has 0 spiro atoms. The Kier molecular flexibility index (Phi) is 4.18. The minimum atomic E-state index is 0.345. The van der Waals surface area contributed by atoms with E-state index >= 15 is 0 Å². The summed E-state index contributed by atoms with van der Waals surface area (Å²) in [4.78, 5) is 4.54. The van der Waals surface area contributed by atoms with E-state index < -0.39 is 0 Å². The van der Waals surface area contributed by atoms with Crippen LogP contribution in [0.1, 0.15) is 31.7 Å². The zero-order chi connectivity index (χ0) is 12.1. The second kappa shape index (κ2) is 5.85. The maximum absolute atomic E-state index is 6.04. The fourth-order valence-corrected chi connectivity index (χ4v) is 2.14. The topological polar surface area (TPSA) is 38.4 Å². The van der Waals surface area contributed by atoms with Crippen LogP contribution in [-0.4, -0.2) is 12.4 Å². The predicted molar refractivity (Wildman–Crippen MR) is 73.1 cm³/mol. The Bertz CT molecular complexity index is 366. The molecule has 0 bridgehead atoms. The molecule has 0 amide bonds. The molecule has 1 aliphatic carbocycles. The molecule has 1 aliphatic rings. The van der Waals surface area contributed by atoms with Crippen LogP contribution in [0, 0.1) is 11.8 Å². The summed E-state index contributed by atoms with van der Waals surface area (Å²) in [5, 5.41) is 0. The first kappa shape index (κ1) is 12.2. The molecular weight excluding hydrogens is 208 g/mol. The zero-order valence-corrected chi connectivity index (χ0v) is 10.6. The van der Waals surface area contributed by atoms with Gasteiger partial charge in [-0.2, -0.15) is 0 Å². The van der Waals surface area contributed by atoms with Gasteiger partial charge in [-0.25, -0.2) is 0 Å². The normalized spacial score (nSPS) is 18.8.